The second kappa shape index (κ2) is 8.15. The van der Waals surface area contributed by atoms with Gasteiger partial charge >= 0.3 is 5.97 Å². The summed E-state index contributed by atoms with van der Waals surface area (Å²) in [5.41, 5.74) is -0.138. The zero-order valence-corrected chi connectivity index (χ0v) is 18.5. The number of carbonyl (C=O) groups is 1. The van der Waals surface area contributed by atoms with E-state index in [1.807, 2.05) is 30.5 Å². The molecule has 0 unspecified atom stereocenters. The topological polar surface area (TPSA) is 75.0 Å². The summed E-state index contributed by atoms with van der Waals surface area (Å²) in [6.07, 6.45) is 4.12. The van der Waals surface area contributed by atoms with Gasteiger partial charge in [-0.25, -0.2) is 9.18 Å². The lowest BCUT2D eigenvalue weighted by Crippen LogP contribution is -2.34. The first-order valence-corrected chi connectivity index (χ1v) is 10.9. The number of hydrogen-bond acceptors (Lipinski definition) is 5. The summed E-state index contributed by atoms with van der Waals surface area (Å²) in [7, 11) is 4.09. The molecule has 7 nitrogen and oxygen atoms in total. The van der Waals surface area contributed by atoms with E-state index in [9.17, 15) is 14.7 Å². The molecule has 1 aromatic carbocycles. The number of pyridine rings is 1. The second-order valence-corrected chi connectivity index (χ2v) is 8.88. The summed E-state index contributed by atoms with van der Waals surface area (Å²) in [5, 5.41) is 9.56. The van der Waals surface area contributed by atoms with Crippen molar-refractivity contribution < 1.29 is 19.0 Å². The molecule has 2 fully saturated rings. The number of rotatable bonds is 7. The molecule has 1 aromatic heterocycles. The van der Waals surface area contributed by atoms with Crippen LogP contribution >= 0.6 is 0 Å². The Kier molecular flexibility index (Phi) is 5.68. The highest BCUT2D eigenvalue weighted by Gasteiger charge is 2.34. The number of halogens is 1. The normalized spacial score (nSPS) is 19.9. The Morgan fingerprint density at radius 1 is 1.35 bits per heavy atom. The van der Waals surface area contributed by atoms with Gasteiger partial charge in [-0.1, -0.05) is 0 Å². The van der Waals surface area contributed by atoms with Crippen LogP contribution in [0.1, 0.15) is 49.5 Å². The number of hydrogen-bond donors (Lipinski definition) is 1. The van der Waals surface area contributed by atoms with Gasteiger partial charge in [-0.05, 0) is 59.2 Å². The molecule has 1 aliphatic carbocycles. The molecule has 4 rings (SSSR count). The Labute approximate surface area is 181 Å². The van der Waals surface area contributed by atoms with Gasteiger partial charge in [0.2, 0.25) is 5.43 Å². The quantitative estimate of drug-likeness (QED) is 0.725. The van der Waals surface area contributed by atoms with Crippen LogP contribution in [0.4, 0.5) is 10.1 Å². The fraction of sp³-hybridized carbons (Fsp3) is 0.565. The minimum absolute atomic E-state index is 0.0638. The lowest BCUT2D eigenvalue weighted by Gasteiger charge is -2.28. The maximum Gasteiger partial charge on any atom is 0.341 e. The number of anilines is 1. The summed E-state index contributed by atoms with van der Waals surface area (Å²) >= 11 is 0. The van der Waals surface area contributed by atoms with E-state index in [4.69, 9.17) is 4.74 Å². The number of aromatic carboxylic acids is 1. The zero-order chi connectivity index (χ0) is 22.4. The van der Waals surface area contributed by atoms with E-state index in [1.54, 1.807) is 0 Å². The van der Waals surface area contributed by atoms with Crippen molar-refractivity contribution in [2.24, 2.45) is 5.92 Å². The molecule has 1 N–H and O–H groups in total. The Hall–Kier alpha value is -2.61. The van der Waals surface area contributed by atoms with Gasteiger partial charge in [0.05, 0.1) is 17.5 Å². The summed E-state index contributed by atoms with van der Waals surface area (Å²) in [4.78, 5) is 28.7. The van der Waals surface area contributed by atoms with Gasteiger partial charge < -0.3 is 24.2 Å². The number of carboxylic acid groups (broad SMARTS) is 1. The van der Waals surface area contributed by atoms with E-state index in [0.717, 1.165) is 19.3 Å². The smallest absolute Gasteiger partial charge is 0.341 e. The van der Waals surface area contributed by atoms with Crippen molar-refractivity contribution in [1.82, 2.24) is 9.47 Å². The van der Waals surface area contributed by atoms with E-state index < -0.39 is 17.2 Å². The molecule has 0 radical (unpaired) electrons. The maximum absolute atomic E-state index is 15.5. The molecule has 2 heterocycles. The molecule has 1 saturated carbocycles. The first kappa shape index (κ1) is 21.6. The van der Waals surface area contributed by atoms with Gasteiger partial charge in [0.15, 0.2) is 11.6 Å². The van der Waals surface area contributed by atoms with Crippen molar-refractivity contribution in [3.8, 4) is 5.75 Å². The highest BCUT2D eigenvalue weighted by atomic mass is 19.1. The number of ether oxygens (including phenoxy) is 1. The van der Waals surface area contributed by atoms with E-state index in [0.29, 0.717) is 48.6 Å². The number of nitrogens with zero attached hydrogens (tertiary/aromatic N) is 3. The van der Waals surface area contributed by atoms with Crippen molar-refractivity contribution in [1.29, 1.82) is 0 Å². The molecular weight excluding hydrogens is 401 g/mol. The maximum atomic E-state index is 15.5. The molecule has 8 heteroatoms. The molecule has 0 amide bonds. The van der Waals surface area contributed by atoms with Gasteiger partial charge in [0.25, 0.3) is 0 Å². The van der Waals surface area contributed by atoms with Crippen LogP contribution in [0.25, 0.3) is 10.9 Å². The first-order chi connectivity index (χ1) is 14.7. The largest absolute Gasteiger partial charge is 0.489 e. The third kappa shape index (κ3) is 3.78. The molecule has 2 aromatic rings. The van der Waals surface area contributed by atoms with Gasteiger partial charge in [0.1, 0.15) is 11.3 Å². The monoisotopic (exact) mass is 431 g/mol. The van der Waals surface area contributed by atoms with E-state index in [1.165, 1.54) is 12.3 Å². The van der Waals surface area contributed by atoms with Gasteiger partial charge in [0, 0.05) is 31.4 Å². The molecular formula is C23H30FN3O4. The first-order valence-electron chi connectivity index (χ1n) is 10.9. The lowest BCUT2D eigenvalue weighted by atomic mass is 10.00. The summed E-state index contributed by atoms with van der Waals surface area (Å²) in [5.74, 6) is -1.11. The van der Waals surface area contributed by atoms with Crippen LogP contribution in [-0.4, -0.2) is 60.4 Å². The Bertz CT molecular complexity index is 1080. The van der Waals surface area contributed by atoms with Crippen LogP contribution in [0.3, 0.4) is 0 Å². The fourth-order valence-corrected chi connectivity index (χ4v) is 4.62. The number of carboxylic acids is 1. The van der Waals surface area contributed by atoms with E-state index in [2.05, 4.69) is 11.8 Å². The standard InChI is InChI=1S/C23H30FN3O4/c1-5-31-22-19-16(21(28)17(23(29)30)12-27(19)15-6-7-15)10-18(24)20(22)26-9-8-14(11-26)13(2)25(3)4/h10,12-15H,5-9,11H2,1-4H3,(H,29,30)/t13-,14-/m1/s1. The molecule has 2 aliphatic rings. The van der Waals surface area contributed by atoms with Crippen LogP contribution in [0, 0.1) is 11.7 Å². The molecule has 1 aliphatic heterocycles. The van der Waals surface area contributed by atoms with Gasteiger partial charge in [-0.2, -0.15) is 0 Å². The molecule has 31 heavy (non-hydrogen) atoms. The van der Waals surface area contributed by atoms with Crippen molar-refractivity contribution in [2.45, 2.75) is 45.2 Å². The Balaban J connectivity index is 1.91. The minimum Gasteiger partial charge on any atom is -0.489 e. The highest BCUT2D eigenvalue weighted by Crippen LogP contribution is 2.45. The molecule has 1 saturated heterocycles. The highest BCUT2D eigenvalue weighted by molar-refractivity contribution is 5.97. The Morgan fingerprint density at radius 2 is 2.06 bits per heavy atom. The minimum atomic E-state index is -1.30. The molecule has 2 atom stereocenters. The summed E-state index contributed by atoms with van der Waals surface area (Å²) in [6, 6.07) is 1.65. The average molecular weight is 432 g/mol. The van der Waals surface area contributed by atoms with Crippen LogP contribution in [0.2, 0.25) is 0 Å². The Morgan fingerprint density at radius 3 is 2.65 bits per heavy atom. The van der Waals surface area contributed by atoms with E-state index >= 15 is 4.39 Å². The number of aromatic nitrogens is 1. The van der Waals surface area contributed by atoms with Crippen molar-refractivity contribution in [3.63, 3.8) is 0 Å². The molecule has 0 bridgehead atoms. The van der Waals surface area contributed by atoms with Gasteiger partial charge in [-0.15, -0.1) is 0 Å². The van der Waals surface area contributed by atoms with Crippen LogP contribution < -0.4 is 15.1 Å². The number of fused-ring (bicyclic) bond motifs is 1. The van der Waals surface area contributed by atoms with Crippen molar-refractivity contribution in [3.05, 3.63) is 33.9 Å². The zero-order valence-electron chi connectivity index (χ0n) is 18.5. The fourth-order valence-electron chi connectivity index (χ4n) is 4.62. The van der Waals surface area contributed by atoms with Crippen molar-refractivity contribution >= 4 is 22.6 Å². The molecule has 168 valence electrons. The molecule has 0 spiro atoms. The average Bonchev–Trinajstić information content (AvgIpc) is 3.45. The number of benzene rings is 1. The predicted molar refractivity (Wildman–Crippen MR) is 118 cm³/mol. The predicted octanol–water partition coefficient (Wildman–Crippen LogP) is 3.35. The van der Waals surface area contributed by atoms with Gasteiger partial charge in [-0.3, -0.25) is 4.79 Å². The second-order valence-electron chi connectivity index (χ2n) is 8.88. The summed E-state index contributed by atoms with van der Waals surface area (Å²) in [6.45, 7) is 5.71. The summed E-state index contributed by atoms with van der Waals surface area (Å²) < 4.78 is 23.2. The van der Waals surface area contributed by atoms with Crippen molar-refractivity contribution in [2.75, 3.05) is 38.7 Å². The SMILES string of the molecule is CCOc1c(N2CC[C@@H]([C@@H](C)N(C)C)C2)c(F)cc2c(=O)c(C(=O)O)cn(C3CC3)c12. The van der Waals surface area contributed by atoms with Crippen LogP contribution in [-0.2, 0) is 0 Å². The third-order valence-electron chi connectivity index (χ3n) is 6.70. The van der Waals surface area contributed by atoms with Crippen LogP contribution in [0.15, 0.2) is 17.1 Å². The van der Waals surface area contributed by atoms with Crippen LogP contribution in [0.5, 0.6) is 5.75 Å². The van der Waals surface area contributed by atoms with E-state index in [-0.39, 0.29) is 17.0 Å². The third-order valence-corrected chi connectivity index (χ3v) is 6.70. The lowest BCUT2D eigenvalue weighted by molar-refractivity contribution is 0.0694.